The van der Waals surface area contributed by atoms with E-state index in [4.69, 9.17) is 5.73 Å². The van der Waals surface area contributed by atoms with Crippen LogP contribution in [0.2, 0.25) is 0 Å². The minimum absolute atomic E-state index is 0.0357. The first-order valence-electron chi connectivity index (χ1n) is 7.33. The molecule has 3 N–H and O–H groups in total. The Morgan fingerprint density at radius 3 is 2.64 bits per heavy atom. The molecule has 0 saturated carbocycles. The largest absolute Gasteiger partial charge is 0.392 e. The van der Waals surface area contributed by atoms with E-state index in [0.717, 1.165) is 16.6 Å². The van der Waals surface area contributed by atoms with E-state index in [-0.39, 0.29) is 12.3 Å². The van der Waals surface area contributed by atoms with Crippen LogP contribution in [0.3, 0.4) is 0 Å². The van der Waals surface area contributed by atoms with Crippen LogP contribution in [-0.4, -0.2) is 24.6 Å². The molecule has 0 atom stereocenters. The molecule has 8 nitrogen and oxygen atoms in total. The number of nitrogens with zero attached hydrogens (tertiary/aromatic N) is 4. The number of nitrogen functional groups attached to an aromatic ring is 1. The van der Waals surface area contributed by atoms with Crippen LogP contribution in [0.4, 0.5) is 5.82 Å². The predicted molar refractivity (Wildman–Crippen MR) is 98.2 cm³/mol. The maximum atomic E-state index is 9.67. The van der Waals surface area contributed by atoms with Gasteiger partial charge >= 0.3 is 0 Å². The third kappa shape index (κ3) is 6.45. The number of fused-ring (bicyclic) bond motifs is 1. The Balaban J connectivity index is 0.000000486. The highest BCUT2D eigenvalue weighted by Gasteiger charge is 2.12. The molecule has 0 aromatic carbocycles. The second-order valence-corrected chi connectivity index (χ2v) is 4.70. The van der Waals surface area contributed by atoms with Crippen LogP contribution in [0.15, 0.2) is 37.0 Å². The molecule has 0 spiro atoms. The van der Waals surface area contributed by atoms with Gasteiger partial charge in [-0.3, -0.25) is 10.1 Å². The van der Waals surface area contributed by atoms with Gasteiger partial charge in [0.05, 0.1) is 11.5 Å². The van der Waals surface area contributed by atoms with Gasteiger partial charge in [0.2, 0.25) is 5.70 Å². The van der Waals surface area contributed by atoms with Gasteiger partial charge in [-0.2, -0.15) is 5.10 Å². The number of aliphatic hydroxyl groups is 1. The van der Waals surface area contributed by atoms with Crippen molar-refractivity contribution in [2.45, 2.75) is 33.8 Å². The standard InChI is InChI=1S/C10H12N4O.C4H7NO2.C3H4/c1-2-3-8-7(5-15)4-14-9(8)10(11)12-6-13-14;1-3-4(2)5(6)7;1-3-2/h2,4,6,15H,1,3,5H2,(H2,11,12,13);3H,1-2H3;1H,2H3/b;4-3+;. The molecule has 8 heteroatoms. The van der Waals surface area contributed by atoms with Gasteiger partial charge in [0.1, 0.15) is 11.8 Å². The molecule has 134 valence electrons. The molecule has 0 unspecified atom stereocenters. The Kier molecular flexibility index (Phi) is 9.92. The van der Waals surface area contributed by atoms with Gasteiger partial charge in [0, 0.05) is 18.7 Å². The average Bonchev–Trinajstić information content (AvgIpc) is 2.95. The minimum atomic E-state index is -0.417. The molecule has 2 heterocycles. The van der Waals surface area contributed by atoms with Gasteiger partial charge in [-0.15, -0.1) is 18.9 Å². The summed E-state index contributed by atoms with van der Waals surface area (Å²) in [6.45, 7) is 8.39. The molecule has 0 aliphatic heterocycles. The van der Waals surface area contributed by atoms with Crippen molar-refractivity contribution in [3.8, 4) is 12.3 Å². The Hall–Kier alpha value is -3.18. The highest BCUT2D eigenvalue weighted by atomic mass is 16.6. The molecule has 0 saturated heterocycles. The Labute approximate surface area is 146 Å². The van der Waals surface area contributed by atoms with Crippen LogP contribution in [0.5, 0.6) is 0 Å². The van der Waals surface area contributed by atoms with Crippen molar-refractivity contribution < 1.29 is 10.0 Å². The van der Waals surface area contributed by atoms with E-state index in [0.29, 0.717) is 12.2 Å². The molecular weight excluding hydrogens is 322 g/mol. The third-order valence-electron chi connectivity index (χ3n) is 3.02. The first-order chi connectivity index (χ1) is 11.9. The monoisotopic (exact) mass is 345 g/mol. The first kappa shape index (κ1) is 21.8. The highest BCUT2D eigenvalue weighted by molar-refractivity contribution is 5.72. The number of aromatic nitrogens is 3. The smallest absolute Gasteiger partial charge is 0.238 e. The van der Waals surface area contributed by atoms with Gasteiger partial charge in [-0.25, -0.2) is 9.50 Å². The summed E-state index contributed by atoms with van der Waals surface area (Å²) in [5.74, 6) is 2.67. The summed E-state index contributed by atoms with van der Waals surface area (Å²) in [7, 11) is 0. The highest BCUT2D eigenvalue weighted by Crippen LogP contribution is 2.22. The molecule has 2 aromatic heterocycles. The zero-order valence-electron chi connectivity index (χ0n) is 14.6. The lowest BCUT2D eigenvalue weighted by atomic mass is 10.1. The van der Waals surface area contributed by atoms with E-state index in [2.05, 4.69) is 29.0 Å². The zero-order chi connectivity index (χ0) is 19.4. The van der Waals surface area contributed by atoms with Crippen molar-refractivity contribution >= 4 is 11.3 Å². The van der Waals surface area contributed by atoms with E-state index < -0.39 is 4.92 Å². The van der Waals surface area contributed by atoms with E-state index in [9.17, 15) is 15.2 Å². The average molecular weight is 345 g/mol. The van der Waals surface area contributed by atoms with Crippen LogP contribution in [0.25, 0.3) is 5.52 Å². The molecule has 0 bridgehead atoms. The van der Waals surface area contributed by atoms with Crippen LogP contribution in [-0.2, 0) is 13.0 Å². The summed E-state index contributed by atoms with van der Waals surface area (Å²) < 4.78 is 1.63. The fourth-order valence-corrected chi connectivity index (χ4v) is 1.76. The summed E-state index contributed by atoms with van der Waals surface area (Å²) in [6, 6.07) is 0. The lowest BCUT2D eigenvalue weighted by molar-refractivity contribution is -0.424. The molecule has 2 rings (SSSR count). The number of terminal acetylenes is 1. The topological polar surface area (TPSA) is 120 Å². The number of nitrogens with two attached hydrogens (primary N) is 1. The third-order valence-corrected chi connectivity index (χ3v) is 3.02. The fourth-order valence-electron chi connectivity index (χ4n) is 1.76. The molecule has 0 aliphatic carbocycles. The molecule has 0 amide bonds. The Bertz CT molecular complexity index is 787. The SMILES string of the molecule is C#CC.C/C=C(\C)[N+](=O)[O-].C=CCc1c(CO)cn2ncnc(N)c12. The van der Waals surface area contributed by atoms with Crippen molar-refractivity contribution in [1.82, 2.24) is 14.6 Å². The van der Waals surface area contributed by atoms with Crippen molar-refractivity contribution in [3.05, 3.63) is 58.2 Å². The molecule has 0 radical (unpaired) electrons. The lowest BCUT2D eigenvalue weighted by Gasteiger charge is -2.00. The van der Waals surface area contributed by atoms with Crippen LogP contribution in [0.1, 0.15) is 31.9 Å². The number of allylic oxidation sites excluding steroid dienone is 3. The number of anilines is 1. The number of aliphatic hydroxyl groups excluding tert-OH is 1. The molecule has 0 fully saturated rings. The summed E-state index contributed by atoms with van der Waals surface area (Å²) >= 11 is 0. The molecule has 25 heavy (non-hydrogen) atoms. The van der Waals surface area contributed by atoms with Crippen molar-refractivity contribution in [2.75, 3.05) is 5.73 Å². The van der Waals surface area contributed by atoms with Crippen LogP contribution < -0.4 is 5.73 Å². The van der Waals surface area contributed by atoms with Crippen LogP contribution in [0, 0.1) is 22.5 Å². The van der Waals surface area contributed by atoms with Gasteiger partial charge in [-0.1, -0.05) is 6.08 Å². The Morgan fingerprint density at radius 2 is 2.24 bits per heavy atom. The predicted octanol–water partition coefficient (Wildman–Crippen LogP) is 2.36. The normalized spacial score (nSPS) is 9.96. The molecule has 2 aromatic rings. The van der Waals surface area contributed by atoms with Gasteiger partial charge in [-0.05, 0) is 31.9 Å². The first-order valence-corrected chi connectivity index (χ1v) is 7.33. The van der Waals surface area contributed by atoms with Crippen molar-refractivity contribution in [1.29, 1.82) is 0 Å². The zero-order valence-corrected chi connectivity index (χ0v) is 14.6. The van der Waals surface area contributed by atoms with Crippen molar-refractivity contribution in [2.24, 2.45) is 0 Å². The number of nitro groups is 1. The number of rotatable bonds is 4. The molecular formula is C17H23N5O3. The summed E-state index contributed by atoms with van der Waals surface area (Å²) in [6.07, 6.45) is 11.6. The summed E-state index contributed by atoms with van der Waals surface area (Å²) in [5, 5.41) is 22.9. The fraction of sp³-hybridized carbons (Fsp3) is 0.294. The maximum absolute atomic E-state index is 9.67. The van der Waals surface area contributed by atoms with Gasteiger partial charge in [0.15, 0.2) is 5.82 Å². The maximum Gasteiger partial charge on any atom is 0.238 e. The summed E-state index contributed by atoms with van der Waals surface area (Å²) in [5.41, 5.74) is 8.46. The number of hydrogen-bond acceptors (Lipinski definition) is 6. The quantitative estimate of drug-likeness (QED) is 0.380. The molecule has 0 aliphatic rings. The second-order valence-electron chi connectivity index (χ2n) is 4.70. The van der Waals surface area contributed by atoms with Gasteiger partial charge < -0.3 is 10.8 Å². The summed E-state index contributed by atoms with van der Waals surface area (Å²) in [4.78, 5) is 13.2. The Morgan fingerprint density at radius 1 is 1.64 bits per heavy atom. The van der Waals surface area contributed by atoms with Gasteiger partial charge in [0.25, 0.3) is 0 Å². The van der Waals surface area contributed by atoms with E-state index in [1.54, 1.807) is 30.6 Å². The van der Waals surface area contributed by atoms with E-state index in [1.165, 1.54) is 19.3 Å². The lowest BCUT2D eigenvalue weighted by Crippen LogP contribution is -1.99. The van der Waals surface area contributed by atoms with E-state index in [1.807, 2.05) is 0 Å². The number of hydrogen-bond donors (Lipinski definition) is 2. The van der Waals surface area contributed by atoms with Crippen molar-refractivity contribution in [3.63, 3.8) is 0 Å². The van der Waals surface area contributed by atoms with E-state index >= 15 is 0 Å². The minimum Gasteiger partial charge on any atom is -0.392 e. The van der Waals surface area contributed by atoms with Crippen LogP contribution >= 0.6 is 0 Å². The second kappa shape index (κ2) is 11.4.